The van der Waals surface area contributed by atoms with E-state index in [1.807, 2.05) is 42.5 Å². The van der Waals surface area contributed by atoms with E-state index in [0.717, 1.165) is 22.5 Å². The van der Waals surface area contributed by atoms with Crippen LogP contribution in [0.3, 0.4) is 0 Å². The summed E-state index contributed by atoms with van der Waals surface area (Å²) in [5.41, 5.74) is 4.56. The monoisotopic (exact) mass is 415 g/mol. The molecule has 0 aromatic heterocycles. The molecule has 2 aromatic rings. The molecule has 1 heterocycles. The second-order valence-electron chi connectivity index (χ2n) is 9.28. The Morgan fingerprint density at radius 1 is 0.903 bits per heavy atom. The van der Waals surface area contributed by atoms with Crippen LogP contribution in [-0.2, 0) is 4.79 Å². The van der Waals surface area contributed by atoms with Crippen LogP contribution in [0.2, 0.25) is 0 Å². The van der Waals surface area contributed by atoms with E-state index in [1.54, 1.807) is 14.2 Å². The Bertz CT molecular complexity index is 1190. The molecule has 5 heteroatoms. The minimum Gasteiger partial charge on any atom is -0.493 e. The van der Waals surface area contributed by atoms with Crippen molar-refractivity contribution in [3.63, 3.8) is 0 Å². The molecule has 2 aliphatic carbocycles. The van der Waals surface area contributed by atoms with Gasteiger partial charge in [0, 0.05) is 34.7 Å². The molecule has 0 saturated carbocycles. The molecule has 5 nitrogen and oxygen atoms in total. The van der Waals surface area contributed by atoms with Gasteiger partial charge in [-0.2, -0.15) is 0 Å². The molecule has 3 aliphatic rings. The van der Waals surface area contributed by atoms with Crippen molar-refractivity contribution in [3.8, 4) is 11.5 Å². The van der Waals surface area contributed by atoms with E-state index >= 15 is 0 Å². The molecule has 0 N–H and O–H groups in total. The van der Waals surface area contributed by atoms with Crippen LogP contribution in [0.5, 0.6) is 11.5 Å². The summed E-state index contributed by atoms with van der Waals surface area (Å²) in [6, 6.07) is 13.3. The Hall–Kier alpha value is -3.21. The molecule has 158 valence electrons. The Balaban J connectivity index is 1.75. The number of rotatable bonds is 3. The Morgan fingerprint density at radius 3 is 2.32 bits per heavy atom. The van der Waals surface area contributed by atoms with Gasteiger partial charge in [0.05, 0.1) is 25.8 Å². The van der Waals surface area contributed by atoms with Gasteiger partial charge in [-0.25, -0.2) is 0 Å². The van der Waals surface area contributed by atoms with Crippen LogP contribution in [0.15, 0.2) is 58.7 Å². The fraction of sp³-hybridized carbons (Fsp3) is 0.346. The number of nitrogens with zero attached hydrogens (tertiary/aromatic N) is 1. The van der Waals surface area contributed by atoms with E-state index in [1.165, 1.54) is 0 Å². The maximum absolute atomic E-state index is 13.5. The van der Waals surface area contributed by atoms with Gasteiger partial charge in [-0.15, -0.1) is 0 Å². The topological polar surface area (TPSA) is 65.0 Å². The quantitative estimate of drug-likeness (QED) is 0.726. The molecule has 0 bridgehead atoms. The number of hydrogen-bond acceptors (Lipinski definition) is 5. The van der Waals surface area contributed by atoms with Gasteiger partial charge >= 0.3 is 0 Å². The number of carbonyl (C=O) groups is 2. The van der Waals surface area contributed by atoms with Gasteiger partial charge in [0.15, 0.2) is 23.1 Å². The summed E-state index contributed by atoms with van der Waals surface area (Å²) in [6.07, 6.45) is 1.17. The number of methoxy groups -OCH3 is 2. The standard InChI is InChI=1S/C26H25NO4/c1-26(2)12-17-22(18(28)13-26)21(14-9-10-19(30-3)20(11-14)31-4)23-24(27-17)15-7-5-6-8-16(15)25(23)29/h5-11,21,23H,12-13H2,1-4H3/t21-,23+/m1/s1. The number of ether oxygens (including phenoxy) is 2. The van der Waals surface area contributed by atoms with Gasteiger partial charge in [-0.1, -0.05) is 44.2 Å². The summed E-state index contributed by atoms with van der Waals surface area (Å²) < 4.78 is 10.9. The number of carbonyl (C=O) groups excluding carboxylic acids is 2. The molecular weight excluding hydrogens is 390 g/mol. The second-order valence-corrected chi connectivity index (χ2v) is 9.28. The number of hydrogen-bond donors (Lipinski definition) is 0. The van der Waals surface area contributed by atoms with Crippen molar-refractivity contribution >= 4 is 17.3 Å². The highest BCUT2D eigenvalue weighted by atomic mass is 16.5. The first-order valence-electron chi connectivity index (χ1n) is 10.5. The van der Waals surface area contributed by atoms with Crippen molar-refractivity contribution in [2.24, 2.45) is 16.3 Å². The largest absolute Gasteiger partial charge is 0.493 e. The van der Waals surface area contributed by atoms with Crippen molar-refractivity contribution < 1.29 is 19.1 Å². The fourth-order valence-electron chi connectivity index (χ4n) is 5.29. The molecule has 2 aromatic carbocycles. The van der Waals surface area contributed by atoms with Crippen LogP contribution >= 0.6 is 0 Å². The molecule has 0 fully saturated rings. The third kappa shape index (κ3) is 2.94. The van der Waals surface area contributed by atoms with Crippen LogP contribution in [0, 0.1) is 11.3 Å². The summed E-state index contributed by atoms with van der Waals surface area (Å²) in [4.78, 5) is 31.9. The summed E-state index contributed by atoms with van der Waals surface area (Å²) in [7, 11) is 3.18. The van der Waals surface area contributed by atoms with Crippen LogP contribution in [-0.4, -0.2) is 31.5 Å². The molecule has 2 atom stereocenters. The molecule has 1 aliphatic heterocycles. The Morgan fingerprint density at radius 2 is 1.61 bits per heavy atom. The van der Waals surface area contributed by atoms with Gasteiger partial charge in [0.2, 0.25) is 0 Å². The van der Waals surface area contributed by atoms with E-state index in [9.17, 15) is 9.59 Å². The lowest BCUT2D eigenvalue weighted by Gasteiger charge is -2.38. The minimum absolute atomic E-state index is 0.0262. The predicted octanol–water partition coefficient (Wildman–Crippen LogP) is 4.75. The first kappa shape index (κ1) is 19.7. The molecule has 0 amide bonds. The molecule has 31 heavy (non-hydrogen) atoms. The molecule has 0 saturated heterocycles. The molecular formula is C26H25NO4. The van der Waals surface area contributed by atoms with Crippen LogP contribution < -0.4 is 9.47 Å². The number of Topliss-reactive ketones (excluding diaryl/α,β-unsaturated/α-hetero) is 2. The molecule has 0 spiro atoms. The molecule has 0 unspecified atom stereocenters. The lowest BCUT2D eigenvalue weighted by molar-refractivity contribution is -0.118. The first-order chi connectivity index (χ1) is 14.8. The Kier molecular flexibility index (Phi) is 4.40. The summed E-state index contributed by atoms with van der Waals surface area (Å²) >= 11 is 0. The van der Waals surface area contributed by atoms with Crippen LogP contribution in [0.4, 0.5) is 0 Å². The van der Waals surface area contributed by atoms with E-state index in [4.69, 9.17) is 14.5 Å². The lowest BCUT2D eigenvalue weighted by Crippen LogP contribution is -2.37. The lowest BCUT2D eigenvalue weighted by atomic mass is 9.66. The van der Waals surface area contributed by atoms with Gasteiger partial charge in [-0.3, -0.25) is 14.6 Å². The van der Waals surface area contributed by atoms with E-state index in [-0.39, 0.29) is 22.9 Å². The second kappa shape index (κ2) is 6.91. The maximum atomic E-state index is 13.5. The van der Waals surface area contributed by atoms with Crippen molar-refractivity contribution in [1.29, 1.82) is 0 Å². The number of benzene rings is 2. The van der Waals surface area contributed by atoms with Gasteiger partial charge in [0.25, 0.3) is 0 Å². The highest BCUT2D eigenvalue weighted by Gasteiger charge is 2.50. The van der Waals surface area contributed by atoms with E-state index in [2.05, 4.69) is 13.8 Å². The van der Waals surface area contributed by atoms with Gasteiger partial charge in [0.1, 0.15) is 0 Å². The Labute approximate surface area is 181 Å². The normalized spacial score (nSPS) is 23.7. The van der Waals surface area contributed by atoms with Crippen molar-refractivity contribution in [2.45, 2.75) is 32.6 Å². The number of ketones is 2. The van der Waals surface area contributed by atoms with E-state index < -0.39 is 5.92 Å². The number of aliphatic imine (C=N–C) groups is 1. The van der Waals surface area contributed by atoms with Gasteiger partial charge < -0.3 is 9.47 Å². The fourth-order valence-corrected chi connectivity index (χ4v) is 5.29. The summed E-state index contributed by atoms with van der Waals surface area (Å²) in [6.45, 7) is 4.19. The van der Waals surface area contributed by atoms with Crippen molar-refractivity contribution in [1.82, 2.24) is 0 Å². The third-order valence-corrected chi connectivity index (χ3v) is 6.61. The average molecular weight is 415 g/mol. The number of allylic oxidation sites excluding steroid dienone is 2. The molecule has 0 radical (unpaired) electrons. The average Bonchev–Trinajstić information content (AvgIpc) is 3.03. The highest BCUT2D eigenvalue weighted by Crippen LogP contribution is 2.51. The zero-order chi connectivity index (χ0) is 21.9. The smallest absolute Gasteiger partial charge is 0.173 e. The van der Waals surface area contributed by atoms with Crippen LogP contribution in [0.25, 0.3) is 0 Å². The SMILES string of the molecule is COc1ccc([C@@H]2C3=C(CC(C)(C)CC3=O)N=C3c4ccccc4C(=O)[C@H]32)cc1OC. The third-order valence-electron chi connectivity index (χ3n) is 6.61. The highest BCUT2D eigenvalue weighted by molar-refractivity contribution is 6.30. The summed E-state index contributed by atoms with van der Waals surface area (Å²) in [5.74, 6) is 0.418. The summed E-state index contributed by atoms with van der Waals surface area (Å²) in [5, 5.41) is 0. The zero-order valence-electron chi connectivity index (χ0n) is 18.2. The minimum atomic E-state index is -0.501. The van der Waals surface area contributed by atoms with Crippen molar-refractivity contribution in [2.75, 3.05) is 14.2 Å². The van der Waals surface area contributed by atoms with E-state index in [0.29, 0.717) is 35.5 Å². The first-order valence-corrected chi connectivity index (χ1v) is 10.5. The maximum Gasteiger partial charge on any atom is 0.173 e. The van der Waals surface area contributed by atoms with Crippen LogP contribution in [0.1, 0.15) is 54.1 Å². The molecule has 5 rings (SSSR count). The van der Waals surface area contributed by atoms with Gasteiger partial charge in [-0.05, 0) is 29.5 Å². The number of fused-ring (bicyclic) bond motifs is 3. The zero-order valence-corrected chi connectivity index (χ0v) is 18.2. The predicted molar refractivity (Wildman–Crippen MR) is 118 cm³/mol. The van der Waals surface area contributed by atoms with Crippen molar-refractivity contribution in [3.05, 3.63) is 70.4 Å².